The van der Waals surface area contributed by atoms with E-state index in [-0.39, 0.29) is 12.1 Å². The molecule has 0 aromatic heterocycles. The SMILES string of the molecule is CC1=CC[C@@H](C#N)N(C)[C@@H]1c1ccccc1. The summed E-state index contributed by atoms with van der Waals surface area (Å²) in [5, 5.41) is 9.09. The first kappa shape index (κ1) is 10.9. The second-order valence-electron chi connectivity index (χ2n) is 4.31. The zero-order valence-corrected chi connectivity index (χ0v) is 9.72. The van der Waals surface area contributed by atoms with Crippen LogP contribution in [0.2, 0.25) is 0 Å². The molecule has 2 nitrogen and oxygen atoms in total. The molecule has 0 aliphatic carbocycles. The van der Waals surface area contributed by atoms with E-state index in [0.29, 0.717) is 0 Å². The quantitative estimate of drug-likeness (QED) is 0.669. The minimum Gasteiger partial charge on any atom is -0.280 e. The molecule has 82 valence electrons. The van der Waals surface area contributed by atoms with Gasteiger partial charge in [-0.05, 0) is 26.0 Å². The molecule has 2 heteroatoms. The predicted octanol–water partition coefficient (Wildman–Crippen LogP) is 2.90. The van der Waals surface area contributed by atoms with Crippen LogP contribution in [0.15, 0.2) is 42.0 Å². The molecule has 0 radical (unpaired) electrons. The third kappa shape index (κ3) is 1.87. The normalized spacial score (nSPS) is 25.9. The Balaban J connectivity index is 2.36. The van der Waals surface area contributed by atoms with Crippen LogP contribution in [-0.2, 0) is 0 Å². The summed E-state index contributed by atoms with van der Waals surface area (Å²) in [4.78, 5) is 2.16. The molecule has 0 saturated carbocycles. The Morgan fingerprint density at radius 2 is 2.00 bits per heavy atom. The lowest BCUT2D eigenvalue weighted by atomic mass is 9.91. The summed E-state index contributed by atoms with van der Waals surface area (Å²) in [6.45, 7) is 2.14. The van der Waals surface area contributed by atoms with Crippen molar-refractivity contribution >= 4 is 0 Å². The molecular weight excluding hydrogens is 196 g/mol. The van der Waals surface area contributed by atoms with Crippen LogP contribution in [0.3, 0.4) is 0 Å². The first-order valence-electron chi connectivity index (χ1n) is 5.57. The van der Waals surface area contributed by atoms with Gasteiger partial charge in [-0.2, -0.15) is 5.26 Å². The van der Waals surface area contributed by atoms with E-state index in [1.807, 2.05) is 25.2 Å². The minimum absolute atomic E-state index is 0.00564. The van der Waals surface area contributed by atoms with Gasteiger partial charge in [-0.3, -0.25) is 4.90 Å². The third-order valence-electron chi connectivity index (χ3n) is 3.26. The highest BCUT2D eigenvalue weighted by Crippen LogP contribution is 2.33. The Bertz CT molecular complexity index is 428. The van der Waals surface area contributed by atoms with Gasteiger partial charge in [-0.1, -0.05) is 42.0 Å². The van der Waals surface area contributed by atoms with Gasteiger partial charge in [0.25, 0.3) is 0 Å². The summed E-state index contributed by atoms with van der Waals surface area (Å²) in [6.07, 6.45) is 3.02. The number of rotatable bonds is 1. The topological polar surface area (TPSA) is 27.0 Å². The predicted molar refractivity (Wildman–Crippen MR) is 64.7 cm³/mol. The van der Waals surface area contributed by atoms with Crippen molar-refractivity contribution < 1.29 is 0 Å². The Kier molecular flexibility index (Phi) is 3.07. The Hall–Kier alpha value is -1.59. The van der Waals surface area contributed by atoms with Crippen LogP contribution in [0, 0.1) is 11.3 Å². The van der Waals surface area contributed by atoms with E-state index < -0.39 is 0 Å². The molecule has 1 aliphatic heterocycles. The molecule has 0 bridgehead atoms. The summed E-state index contributed by atoms with van der Waals surface area (Å²) in [6, 6.07) is 13.0. The standard InChI is InChI=1S/C14H16N2/c1-11-8-9-13(10-15)16(2)14(11)12-6-4-3-5-7-12/h3-8,13-14H,9H2,1-2H3/t13-,14-/m0/s1. The molecule has 1 aliphatic rings. The van der Waals surface area contributed by atoms with Crippen molar-refractivity contribution in [3.05, 3.63) is 47.5 Å². The van der Waals surface area contributed by atoms with Crippen LogP contribution < -0.4 is 0 Å². The lowest BCUT2D eigenvalue weighted by Gasteiger charge is -2.36. The first-order chi connectivity index (χ1) is 7.74. The lowest BCUT2D eigenvalue weighted by molar-refractivity contribution is 0.221. The summed E-state index contributed by atoms with van der Waals surface area (Å²) in [5.41, 5.74) is 2.60. The molecule has 16 heavy (non-hydrogen) atoms. The molecule has 2 rings (SSSR count). The largest absolute Gasteiger partial charge is 0.280 e. The highest BCUT2D eigenvalue weighted by Gasteiger charge is 2.28. The van der Waals surface area contributed by atoms with E-state index in [0.717, 1.165) is 6.42 Å². The zero-order valence-electron chi connectivity index (χ0n) is 9.72. The first-order valence-corrected chi connectivity index (χ1v) is 5.57. The molecule has 0 spiro atoms. The van der Waals surface area contributed by atoms with Gasteiger partial charge < -0.3 is 0 Å². The Morgan fingerprint density at radius 3 is 2.62 bits per heavy atom. The van der Waals surface area contributed by atoms with Gasteiger partial charge in [-0.15, -0.1) is 0 Å². The maximum absolute atomic E-state index is 9.09. The van der Waals surface area contributed by atoms with Crippen molar-refractivity contribution in [3.8, 4) is 6.07 Å². The molecule has 0 amide bonds. The zero-order chi connectivity index (χ0) is 11.5. The smallest absolute Gasteiger partial charge is 0.102 e. The second-order valence-corrected chi connectivity index (χ2v) is 4.31. The molecular formula is C14H16N2. The van der Waals surface area contributed by atoms with Crippen LogP contribution in [0.5, 0.6) is 0 Å². The van der Waals surface area contributed by atoms with E-state index in [1.54, 1.807) is 0 Å². The fourth-order valence-electron chi connectivity index (χ4n) is 2.35. The number of nitrogens with zero attached hydrogens (tertiary/aromatic N) is 2. The van der Waals surface area contributed by atoms with Gasteiger partial charge >= 0.3 is 0 Å². The fourth-order valence-corrected chi connectivity index (χ4v) is 2.35. The van der Waals surface area contributed by atoms with Crippen LogP contribution >= 0.6 is 0 Å². The average Bonchev–Trinajstić information content (AvgIpc) is 2.31. The number of hydrogen-bond acceptors (Lipinski definition) is 2. The average molecular weight is 212 g/mol. The van der Waals surface area contributed by atoms with E-state index in [1.165, 1.54) is 11.1 Å². The molecule has 0 unspecified atom stereocenters. The maximum atomic E-state index is 9.09. The van der Waals surface area contributed by atoms with E-state index >= 15 is 0 Å². The molecule has 0 fully saturated rings. The van der Waals surface area contributed by atoms with Crippen molar-refractivity contribution in [1.82, 2.24) is 4.90 Å². The van der Waals surface area contributed by atoms with Crippen LogP contribution in [0.4, 0.5) is 0 Å². The van der Waals surface area contributed by atoms with Crippen LogP contribution in [0.25, 0.3) is 0 Å². The number of likely N-dealkylation sites (N-methyl/N-ethyl adjacent to an activating group) is 1. The highest BCUT2D eigenvalue weighted by molar-refractivity contribution is 5.30. The van der Waals surface area contributed by atoms with Crippen molar-refractivity contribution in [2.24, 2.45) is 0 Å². The summed E-state index contributed by atoms with van der Waals surface area (Å²) >= 11 is 0. The number of nitriles is 1. The lowest BCUT2D eigenvalue weighted by Crippen LogP contribution is -2.37. The molecule has 0 N–H and O–H groups in total. The third-order valence-corrected chi connectivity index (χ3v) is 3.26. The monoisotopic (exact) mass is 212 g/mol. The van der Waals surface area contributed by atoms with Gasteiger partial charge in [-0.25, -0.2) is 0 Å². The highest BCUT2D eigenvalue weighted by atomic mass is 15.2. The molecule has 1 aromatic carbocycles. The Labute approximate surface area is 96.8 Å². The van der Waals surface area contributed by atoms with Gasteiger partial charge in [0, 0.05) is 0 Å². The van der Waals surface area contributed by atoms with Gasteiger partial charge in [0.2, 0.25) is 0 Å². The number of benzene rings is 1. The summed E-state index contributed by atoms with van der Waals surface area (Å²) < 4.78 is 0. The van der Waals surface area contributed by atoms with Gasteiger partial charge in [0.15, 0.2) is 0 Å². The van der Waals surface area contributed by atoms with Crippen molar-refractivity contribution in [2.45, 2.75) is 25.4 Å². The number of hydrogen-bond donors (Lipinski definition) is 0. The summed E-state index contributed by atoms with van der Waals surface area (Å²) in [5.74, 6) is 0. The van der Waals surface area contributed by atoms with Crippen LogP contribution in [0.1, 0.15) is 24.9 Å². The maximum Gasteiger partial charge on any atom is 0.102 e. The van der Waals surface area contributed by atoms with Crippen LogP contribution in [-0.4, -0.2) is 18.0 Å². The van der Waals surface area contributed by atoms with E-state index in [9.17, 15) is 0 Å². The molecule has 2 atom stereocenters. The second kappa shape index (κ2) is 4.51. The van der Waals surface area contributed by atoms with Crippen molar-refractivity contribution in [1.29, 1.82) is 5.26 Å². The fraction of sp³-hybridized carbons (Fsp3) is 0.357. The van der Waals surface area contributed by atoms with Crippen molar-refractivity contribution in [2.75, 3.05) is 7.05 Å². The Morgan fingerprint density at radius 1 is 1.31 bits per heavy atom. The van der Waals surface area contributed by atoms with E-state index in [2.05, 4.69) is 36.1 Å². The van der Waals surface area contributed by atoms with Gasteiger partial charge in [0.05, 0.1) is 12.1 Å². The van der Waals surface area contributed by atoms with Crippen molar-refractivity contribution in [3.63, 3.8) is 0 Å². The van der Waals surface area contributed by atoms with E-state index in [4.69, 9.17) is 5.26 Å². The molecule has 1 aromatic rings. The minimum atomic E-state index is -0.00564. The molecule has 0 saturated heterocycles. The molecule has 1 heterocycles. The van der Waals surface area contributed by atoms with Gasteiger partial charge in [0.1, 0.15) is 6.04 Å². The summed E-state index contributed by atoms with van der Waals surface area (Å²) in [7, 11) is 2.03.